The van der Waals surface area contributed by atoms with Crippen LogP contribution in [0, 0.1) is 5.82 Å². The molecule has 30 heavy (non-hydrogen) atoms. The van der Waals surface area contributed by atoms with E-state index >= 15 is 0 Å². The molecular formula is C22H16FN3O4. The highest BCUT2D eigenvalue weighted by molar-refractivity contribution is 5.93. The number of nitrogens with one attached hydrogen (secondary N) is 1. The summed E-state index contributed by atoms with van der Waals surface area (Å²) in [6, 6.07) is 14.8. The van der Waals surface area contributed by atoms with Gasteiger partial charge in [0, 0.05) is 30.8 Å². The number of nitrogens with zero attached hydrogens (tertiary/aromatic N) is 2. The van der Waals surface area contributed by atoms with Gasteiger partial charge in [0.05, 0.1) is 17.4 Å². The molecule has 0 bridgehead atoms. The number of hydrogen-bond donors (Lipinski definition) is 1. The molecule has 0 aliphatic carbocycles. The lowest BCUT2D eigenvalue weighted by atomic mass is 10.1. The maximum atomic E-state index is 13.0. The summed E-state index contributed by atoms with van der Waals surface area (Å²) in [7, 11) is 0. The van der Waals surface area contributed by atoms with E-state index in [1.807, 2.05) is 0 Å². The van der Waals surface area contributed by atoms with Crippen molar-refractivity contribution in [3.63, 3.8) is 0 Å². The molecule has 0 aliphatic heterocycles. The third-order valence-electron chi connectivity index (χ3n) is 4.52. The monoisotopic (exact) mass is 405 g/mol. The first-order valence-electron chi connectivity index (χ1n) is 9.15. The first-order valence-corrected chi connectivity index (χ1v) is 9.15. The minimum absolute atomic E-state index is 0.101. The lowest BCUT2D eigenvalue weighted by molar-refractivity contribution is 0.0925. The molecule has 0 spiro atoms. The summed E-state index contributed by atoms with van der Waals surface area (Å²) in [6.07, 6.45) is 1.36. The van der Waals surface area contributed by atoms with E-state index in [1.165, 1.54) is 29.1 Å². The molecule has 4 aromatic rings. The lowest BCUT2D eigenvalue weighted by Gasteiger charge is -2.08. The fraction of sp³-hybridized carbons (Fsp3) is 0.0909. The zero-order chi connectivity index (χ0) is 21.1. The van der Waals surface area contributed by atoms with Crippen LogP contribution in [0.4, 0.5) is 4.39 Å². The van der Waals surface area contributed by atoms with Crippen LogP contribution in [-0.2, 0) is 6.54 Å². The number of halogens is 1. The van der Waals surface area contributed by atoms with E-state index in [9.17, 15) is 18.8 Å². The van der Waals surface area contributed by atoms with Crippen LogP contribution in [0.2, 0.25) is 0 Å². The van der Waals surface area contributed by atoms with Crippen molar-refractivity contribution < 1.29 is 13.6 Å². The summed E-state index contributed by atoms with van der Waals surface area (Å²) < 4.78 is 19.8. The van der Waals surface area contributed by atoms with Crippen molar-refractivity contribution in [3.05, 3.63) is 99.1 Å². The topological polar surface area (TPSA) is 94.2 Å². The largest absolute Gasteiger partial charge is 0.451 e. The van der Waals surface area contributed by atoms with E-state index in [0.717, 1.165) is 6.07 Å². The summed E-state index contributed by atoms with van der Waals surface area (Å²) in [5.41, 5.74) is 0.764. The van der Waals surface area contributed by atoms with Gasteiger partial charge < -0.3 is 9.73 Å². The average Bonchev–Trinajstić information content (AvgIpc) is 2.75. The number of carbonyl (C=O) groups excluding carboxylic acids is 1. The molecule has 4 rings (SSSR count). The van der Waals surface area contributed by atoms with Crippen LogP contribution in [0.15, 0.2) is 81.0 Å². The Labute approximate surface area is 169 Å². The number of aromatic nitrogens is 2. The van der Waals surface area contributed by atoms with E-state index in [-0.39, 0.29) is 35.7 Å². The molecule has 0 atom stereocenters. The smallest absolute Gasteiger partial charge is 0.287 e. The molecule has 1 amide bonds. The van der Waals surface area contributed by atoms with Crippen molar-refractivity contribution in [2.45, 2.75) is 6.54 Å². The first-order chi connectivity index (χ1) is 14.5. The van der Waals surface area contributed by atoms with Crippen molar-refractivity contribution in [2.75, 3.05) is 6.54 Å². The van der Waals surface area contributed by atoms with Crippen molar-refractivity contribution in [3.8, 4) is 11.3 Å². The van der Waals surface area contributed by atoms with Crippen LogP contribution in [0.1, 0.15) is 10.6 Å². The zero-order valence-corrected chi connectivity index (χ0v) is 15.7. The van der Waals surface area contributed by atoms with Crippen LogP contribution in [-0.4, -0.2) is 22.0 Å². The lowest BCUT2D eigenvalue weighted by Crippen LogP contribution is -2.31. The zero-order valence-electron chi connectivity index (χ0n) is 15.7. The second-order valence-corrected chi connectivity index (χ2v) is 6.54. The van der Waals surface area contributed by atoms with Crippen LogP contribution in [0.25, 0.3) is 22.2 Å². The van der Waals surface area contributed by atoms with Crippen molar-refractivity contribution in [1.82, 2.24) is 14.9 Å². The summed E-state index contributed by atoms with van der Waals surface area (Å²) in [5, 5.41) is 3.01. The summed E-state index contributed by atoms with van der Waals surface area (Å²) in [5.74, 6) is -1.03. The maximum Gasteiger partial charge on any atom is 0.287 e. The van der Waals surface area contributed by atoms with Gasteiger partial charge in [-0.1, -0.05) is 12.1 Å². The average molecular weight is 405 g/mol. The first kappa shape index (κ1) is 19.3. The number of para-hydroxylation sites is 1. The highest BCUT2D eigenvalue weighted by atomic mass is 19.1. The fourth-order valence-corrected chi connectivity index (χ4v) is 2.97. The second-order valence-electron chi connectivity index (χ2n) is 6.54. The summed E-state index contributed by atoms with van der Waals surface area (Å²) in [6.45, 7) is 0.311. The molecule has 2 aromatic heterocycles. The van der Waals surface area contributed by atoms with E-state index < -0.39 is 5.91 Å². The predicted molar refractivity (Wildman–Crippen MR) is 109 cm³/mol. The minimum Gasteiger partial charge on any atom is -0.451 e. The van der Waals surface area contributed by atoms with Crippen molar-refractivity contribution in [2.24, 2.45) is 0 Å². The molecule has 1 N–H and O–H groups in total. The predicted octanol–water partition coefficient (Wildman–Crippen LogP) is 2.59. The standard InChI is InChI=1S/C22H16FN3O4/c23-15-7-5-14(6-8-15)17-11-21(28)26(13-25-17)10-9-24-22(29)20-12-18(27)16-3-1-2-4-19(16)30-20/h1-8,11-13H,9-10H2,(H,24,29). The Morgan fingerprint density at radius 2 is 1.83 bits per heavy atom. The van der Waals surface area contributed by atoms with Crippen molar-refractivity contribution >= 4 is 16.9 Å². The molecule has 0 aliphatic rings. The number of fused-ring (bicyclic) bond motifs is 1. The van der Waals surface area contributed by atoms with Crippen LogP contribution in [0.5, 0.6) is 0 Å². The van der Waals surface area contributed by atoms with Gasteiger partial charge in [-0.15, -0.1) is 0 Å². The third kappa shape index (κ3) is 4.02. The highest BCUT2D eigenvalue weighted by Gasteiger charge is 2.12. The third-order valence-corrected chi connectivity index (χ3v) is 4.52. The van der Waals surface area contributed by atoms with Gasteiger partial charge in [0.1, 0.15) is 11.4 Å². The molecule has 0 unspecified atom stereocenters. The molecule has 0 saturated carbocycles. The Balaban J connectivity index is 1.43. The Kier molecular flexibility index (Phi) is 5.21. The molecular weight excluding hydrogens is 389 g/mol. The summed E-state index contributed by atoms with van der Waals surface area (Å²) in [4.78, 5) is 40.9. The molecule has 0 fully saturated rings. The SMILES string of the molecule is O=C(NCCn1cnc(-c2ccc(F)cc2)cc1=O)c1cc(=O)c2ccccc2o1. The molecule has 0 radical (unpaired) electrons. The Morgan fingerprint density at radius 3 is 2.60 bits per heavy atom. The molecule has 2 heterocycles. The van der Waals surface area contributed by atoms with Crippen molar-refractivity contribution in [1.29, 1.82) is 0 Å². The number of rotatable bonds is 5. The van der Waals surface area contributed by atoms with Gasteiger partial charge in [-0.3, -0.25) is 19.0 Å². The highest BCUT2D eigenvalue weighted by Crippen LogP contribution is 2.15. The molecule has 8 heteroatoms. The molecule has 150 valence electrons. The Morgan fingerprint density at radius 1 is 1.07 bits per heavy atom. The van der Waals surface area contributed by atoms with Gasteiger partial charge in [0.25, 0.3) is 11.5 Å². The minimum atomic E-state index is -0.554. The number of benzene rings is 2. The van der Waals surface area contributed by atoms with Crippen LogP contribution < -0.4 is 16.3 Å². The van der Waals surface area contributed by atoms with Gasteiger partial charge in [-0.05, 0) is 36.4 Å². The van der Waals surface area contributed by atoms with E-state index in [1.54, 1.807) is 36.4 Å². The van der Waals surface area contributed by atoms with Crippen LogP contribution >= 0.6 is 0 Å². The second kappa shape index (κ2) is 8.12. The fourth-order valence-electron chi connectivity index (χ4n) is 2.97. The van der Waals surface area contributed by atoms with Gasteiger partial charge in [0.2, 0.25) is 0 Å². The number of carbonyl (C=O) groups is 1. The molecule has 2 aromatic carbocycles. The normalized spacial score (nSPS) is 10.8. The van der Waals surface area contributed by atoms with E-state index in [2.05, 4.69) is 10.3 Å². The van der Waals surface area contributed by atoms with Gasteiger partial charge in [-0.2, -0.15) is 0 Å². The maximum absolute atomic E-state index is 13.0. The Bertz CT molecular complexity index is 1340. The molecule has 7 nitrogen and oxygen atoms in total. The van der Waals surface area contributed by atoms with Gasteiger partial charge in [0.15, 0.2) is 11.2 Å². The van der Waals surface area contributed by atoms with E-state index in [0.29, 0.717) is 22.2 Å². The van der Waals surface area contributed by atoms with Gasteiger partial charge in [-0.25, -0.2) is 9.37 Å². The number of hydrogen-bond acceptors (Lipinski definition) is 5. The van der Waals surface area contributed by atoms with E-state index in [4.69, 9.17) is 4.42 Å². The molecule has 0 saturated heterocycles. The quantitative estimate of drug-likeness (QED) is 0.551. The summed E-state index contributed by atoms with van der Waals surface area (Å²) >= 11 is 0. The van der Waals surface area contributed by atoms with Crippen LogP contribution in [0.3, 0.4) is 0 Å². The van der Waals surface area contributed by atoms with Gasteiger partial charge >= 0.3 is 0 Å². The number of amides is 1. The Hall–Kier alpha value is -4.07.